The standard InChI is InChI=1S/C8H17FN2O/c1-10(6-7-12)8-2-4-11(9)5-3-8/h8,12H,2-7H2,1H3. The van der Waals surface area contributed by atoms with Gasteiger partial charge in [-0.25, -0.2) is 0 Å². The highest BCUT2D eigenvalue weighted by Gasteiger charge is 2.21. The maximum atomic E-state index is 12.6. The van der Waals surface area contributed by atoms with Gasteiger partial charge in [0, 0.05) is 25.7 Å². The van der Waals surface area contributed by atoms with Gasteiger partial charge in [-0.05, 0) is 19.9 Å². The van der Waals surface area contributed by atoms with Crippen molar-refractivity contribution in [1.29, 1.82) is 0 Å². The summed E-state index contributed by atoms with van der Waals surface area (Å²) < 4.78 is 12.6. The summed E-state index contributed by atoms with van der Waals surface area (Å²) in [6.45, 7) is 1.93. The third kappa shape index (κ3) is 2.69. The Morgan fingerprint density at radius 1 is 1.50 bits per heavy atom. The normalized spacial score (nSPS) is 22.0. The second kappa shape index (κ2) is 4.74. The minimum Gasteiger partial charge on any atom is -0.395 e. The molecule has 0 aliphatic carbocycles. The van der Waals surface area contributed by atoms with E-state index in [1.165, 1.54) is 0 Å². The fourth-order valence-electron chi connectivity index (χ4n) is 1.62. The van der Waals surface area contributed by atoms with E-state index in [4.69, 9.17) is 5.11 Å². The summed E-state index contributed by atoms with van der Waals surface area (Å²) >= 11 is 0. The highest BCUT2D eigenvalue weighted by atomic mass is 19.2. The summed E-state index contributed by atoms with van der Waals surface area (Å²) in [4.78, 5) is 2.10. The molecule has 1 heterocycles. The number of hydrogen-bond donors (Lipinski definition) is 1. The van der Waals surface area contributed by atoms with E-state index >= 15 is 0 Å². The van der Waals surface area contributed by atoms with E-state index in [2.05, 4.69) is 4.90 Å². The molecule has 12 heavy (non-hydrogen) atoms. The van der Waals surface area contributed by atoms with E-state index in [9.17, 15) is 4.48 Å². The van der Waals surface area contributed by atoms with Crippen LogP contribution in [0, 0.1) is 0 Å². The fourth-order valence-corrected chi connectivity index (χ4v) is 1.62. The minimum atomic E-state index is 0.187. The first kappa shape index (κ1) is 9.89. The Kier molecular flexibility index (Phi) is 3.91. The SMILES string of the molecule is CN(CCO)C1CCN(F)CC1. The smallest absolute Gasteiger partial charge is 0.0558 e. The third-order valence-electron chi connectivity index (χ3n) is 2.49. The zero-order chi connectivity index (χ0) is 8.97. The van der Waals surface area contributed by atoms with Crippen LogP contribution in [0.3, 0.4) is 0 Å². The monoisotopic (exact) mass is 176 g/mol. The Balaban J connectivity index is 2.24. The van der Waals surface area contributed by atoms with E-state index in [0.29, 0.717) is 25.7 Å². The van der Waals surface area contributed by atoms with E-state index in [1.54, 1.807) is 0 Å². The topological polar surface area (TPSA) is 26.7 Å². The number of rotatable bonds is 3. The molecule has 0 aromatic carbocycles. The highest BCUT2D eigenvalue weighted by Crippen LogP contribution is 2.14. The molecule has 0 atom stereocenters. The van der Waals surface area contributed by atoms with Crippen molar-refractivity contribution in [3.63, 3.8) is 0 Å². The molecule has 0 unspecified atom stereocenters. The molecule has 1 aliphatic rings. The van der Waals surface area contributed by atoms with Gasteiger partial charge in [0.1, 0.15) is 0 Å². The van der Waals surface area contributed by atoms with Gasteiger partial charge >= 0.3 is 0 Å². The second-order valence-corrected chi connectivity index (χ2v) is 3.35. The maximum Gasteiger partial charge on any atom is 0.0558 e. The van der Waals surface area contributed by atoms with Crippen molar-refractivity contribution in [1.82, 2.24) is 10.0 Å². The van der Waals surface area contributed by atoms with Crippen molar-refractivity contribution < 1.29 is 9.59 Å². The van der Waals surface area contributed by atoms with Crippen LogP contribution in [0.2, 0.25) is 0 Å². The molecule has 1 rings (SSSR count). The number of piperidine rings is 1. The van der Waals surface area contributed by atoms with Crippen LogP contribution >= 0.6 is 0 Å². The molecule has 1 saturated heterocycles. The number of nitrogens with zero attached hydrogens (tertiary/aromatic N) is 2. The van der Waals surface area contributed by atoms with E-state index in [-0.39, 0.29) is 6.61 Å². The lowest BCUT2D eigenvalue weighted by atomic mass is 10.1. The number of aliphatic hydroxyl groups is 1. The van der Waals surface area contributed by atoms with Crippen LogP contribution in [0.15, 0.2) is 0 Å². The molecule has 0 aromatic heterocycles. The molecule has 3 nitrogen and oxygen atoms in total. The van der Waals surface area contributed by atoms with E-state index < -0.39 is 0 Å². The maximum absolute atomic E-state index is 12.6. The number of aliphatic hydroxyl groups excluding tert-OH is 1. The molecule has 1 aliphatic heterocycles. The van der Waals surface area contributed by atoms with Gasteiger partial charge in [0.25, 0.3) is 0 Å². The molecular formula is C8H17FN2O. The number of hydrogen-bond acceptors (Lipinski definition) is 3. The summed E-state index contributed by atoms with van der Waals surface area (Å²) in [6.07, 6.45) is 1.74. The Labute approximate surface area is 72.7 Å². The van der Waals surface area contributed by atoms with Gasteiger partial charge in [0.15, 0.2) is 0 Å². The second-order valence-electron chi connectivity index (χ2n) is 3.35. The van der Waals surface area contributed by atoms with Gasteiger partial charge in [-0.1, -0.05) is 0 Å². The Morgan fingerprint density at radius 2 is 2.08 bits per heavy atom. The van der Waals surface area contributed by atoms with Crippen LogP contribution in [-0.4, -0.2) is 54.5 Å². The van der Waals surface area contributed by atoms with Crippen molar-refractivity contribution >= 4 is 0 Å². The predicted molar refractivity (Wildman–Crippen MR) is 45.4 cm³/mol. The lowest BCUT2D eigenvalue weighted by Crippen LogP contribution is -2.41. The van der Waals surface area contributed by atoms with Gasteiger partial charge in [-0.15, -0.1) is 9.60 Å². The third-order valence-corrected chi connectivity index (χ3v) is 2.49. The van der Waals surface area contributed by atoms with E-state index in [1.807, 2.05) is 7.05 Å². The quantitative estimate of drug-likeness (QED) is 0.625. The summed E-state index contributed by atoms with van der Waals surface area (Å²) in [5.74, 6) is 0. The van der Waals surface area contributed by atoms with Crippen molar-refractivity contribution in [2.45, 2.75) is 18.9 Å². The van der Waals surface area contributed by atoms with Gasteiger partial charge in [0.2, 0.25) is 0 Å². The van der Waals surface area contributed by atoms with Crippen LogP contribution in [0.1, 0.15) is 12.8 Å². The lowest BCUT2D eigenvalue weighted by Gasteiger charge is -2.32. The minimum absolute atomic E-state index is 0.187. The number of halogens is 1. The van der Waals surface area contributed by atoms with Gasteiger partial charge in [0.05, 0.1) is 6.61 Å². The van der Waals surface area contributed by atoms with Crippen molar-refractivity contribution in [3.8, 4) is 0 Å². The molecular weight excluding hydrogens is 159 g/mol. The number of likely N-dealkylation sites (N-methyl/N-ethyl adjacent to an activating group) is 1. The summed E-state index contributed by atoms with van der Waals surface area (Å²) in [7, 11) is 1.98. The van der Waals surface area contributed by atoms with Gasteiger partial charge in [-0.2, -0.15) is 0 Å². The molecule has 0 spiro atoms. The summed E-state index contributed by atoms with van der Waals surface area (Å²) in [5.41, 5.74) is 0. The van der Waals surface area contributed by atoms with Gasteiger partial charge in [-0.3, -0.25) is 0 Å². The van der Waals surface area contributed by atoms with Crippen molar-refractivity contribution in [2.24, 2.45) is 0 Å². The lowest BCUT2D eigenvalue weighted by molar-refractivity contribution is -0.0186. The summed E-state index contributed by atoms with van der Waals surface area (Å²) in [5, 5.41) is 9.56. The average Bonchev–Trinajstić information content (AvgIpc) is 2.06. The van der Waals surface area contributed by atoms with Crippen LogP contribution in [0.25, 0.3) is 0 Å². The largest absolute Gasteiger partial charge is 0.395 e. The van der Waals surface area contributed by atoms with E-state index in [0.717, 1.165) is 18.0 Å². The highest BCUT2D eigenvalue weighted by molar-refractivity contribution is 4.74. The molecule has 0 aromatic rings. The summed E-state index contributed by atoms with van der Waals surface area (Å²) in [6, 6.07) is 0.448. The van der Waals surface area contributed by atoms with Crippen LogP contribution < -0.4 is 0 Å². The Hall–Kier alpha value is -0.190. The van der Waals surface area contributed by atoms with Crippen LogP contribution in [0.4, 0.5) is 4.48 Å². The van der Waals surface area contributed by atoms with Crippen LogP contribution in [0.5, 0.6) is 0 Å². The predicted octanol–water partition coefficient (Wildman–Crippen LogP) is 0.259. The van der Waals surface area contributed by atoms with Crippen molar-refractivity contribution in [3.05, 3.63) is 0 Å². The van der Waals surface area contributed by atoms with Gasteiger partial charge < -0.3 is 10.0 Å². The fraction of sp³-hybridized carbons (Fsp3) is 1.00. The molecule has 0 radical (unpaired) electrons. The first-order valence-corrected chi connectivity index (χ1v) is 4.46. The molecule has 0 bridgehead atoms. The molecule has 72 valence electrons. The zero-order valence-corrected chi connectivity index (χ0v) is 7.54. The Bertz CT molecular complexity index is 126. The molecule has 1 fully saturated rings. The first-order valence-electron chi connectivity index (χ1n) is 4.46. The first-order chi connectivity index (χ1) is 5.74. The molecule has 4 heteroatoms. The Morgan fingerprint density at radius 3 is 2.58 bits per heavy atom. The van der Waals surface area contributed by atoms with Crippen LogP contribution in [-0.2, 0) is 0 Å². The molecule has 0 saturated carbocycles. The average molecular weight is 176 g/mol. The molecule has 1 N–H and O–H groups in total. The molecule has 0 amide bonds. The van der Waals surface area contributed by atoms with Crippen molar-refractivity contribution in [2.75, 3.05) is 33.3 Å². The zero-order valence-electron chi connectivity index (χ0n) is 7.54.